The second-order valence-corrected chi connectivity index (χ2v) is 7.07. The number of nitrogens with one attached hydrogen (secondary N) is 2. The van der Waals surface area contributed by atoms with Crippen LogP contribution in [0.5, 0.6) is 0 Å². The number of hydrogen-bond donors (Lipinski definition) is 2. The second kappa shape index (κ2) is 8.50. The van der Waals surface area contributed by atoms with E-state index in [9.17, 15) is 4.39 Å². The van der Waals surface area contributed by atoms with Crippen LogP contribution in [0.4, 0.5) is 10.1 Å². The van der Waals surface area contributed by atoms with Gasteiger partial charge in [-0.05, 0) is 49.8 Å². The van der Waals surface area contributed by atoms with Crippen molar-refractivity contribution in [1.82, 2.24) is 15.1 Å². The lowest BCUT2D eigenvalue weighted by atomic mass is 10.2. The van der Waals surface area contributed by atoms with E-state index in [0.717, 1.165) is 22.6 Å². The molecule has 0 spiro atoms. The number of thiocarbonyl (C=S) groups is 1. The molecule has 1 heterocycles. The Labute approximate surface area is 168 Å². The first kappa shape index (κ1) is 19.3. The molecule has 0 fully saturated rings. The molecule has 1 aromatic heterocycles. The van der Waals surface area contributed by atoms with Crippen molar-refractivity contribution in [3.63, 3.8) is 0 Å². The lowest BCUT2D eigenvalue weighted by Crippen LogP contribution is -2.28. The summed E-state index contributed by atoms with van der Waals surface area (Å²) in [6.07, 6.45) is 0. The molecule has 0 radical (unpaired) electrons. The molecule has 0 atom stereocenters. The van der Waals surface area contributed by atoms with E-state index in [1.54, 1.807) is 16.8 Å². The maximum atomic E-state index is 13.9. The fourth-order valence-electron chi connectivity index (χ4n) is 2.76. The van der Waals surface area contributed by atoms with E-state index in [1.165, 1.54) is 6.07 Å². The van der Waals surface area contributed by atoms with Crippen LogP contribution >= 0.6 is 23.8 Å². The summed E-state index contributed by atoms with van der Waals surface area (Å²) in [5, 5.41) is 12.1. The predicted octanol–water partition coefficient (Wildman–Crippen LogP) is 4.83. The first-order valence-electron chi connectivity index (χ1n) is 8.50. The average molecular weight is 403 g/mol. The van der Waals surface area contributed by atoms with Gasteiger partial charge in [-0.15, -0.1) is 0 Å². The molecule has 0 saturated heterocycles. The molecule has 0 unspecified atom stereocenters. The van der Waals surface area contributed by atoms with Gasteiger partial charge in [-0.25, -0.2) is 4.39 Å². The van der Waals surface area contributed by atoms with Crippen LogP contribution in [0.2, 0.25) is 5.02 Å². The van der Waals surface area contributed by atoms with Crippen molar-refractivity contribution in [1.29, 1.82) is 0 Å². The SMILES string of the molecule is Cc1nn(Cc2ccccc2F)c(C)c1NC(=S)NCc1ccc(Cl)cc1. The summed E-state index contributed by atoms with van der Waals surface area (Å²) >= 11 is 11.3. The normalized spacial score (nSPS) is 10.7. The molecule has 4 nitrogen and oxygen atoms in total. The molecule has 7 heteroatoms. The van der Waals surface area contributed by atoms with Crippen molar-refractivity contribution in [2.75, 3.05) is 5.32 Å². The summed E-state index contributed by atoms with van der Waals surface area (Å²) in [6.45, 7) is 4.79. The second-order valence-electron chi connectivity index (χ2n) is 6.23. The zero-order valence-corrected chi connectivity index (χ0v) is 16.7. The topological polar surface area (TPSA) is 41.9 Å². The number of hydrogen-bond acceptors (Lipinski definition) is 2. The number of rotatable bonds is 5. The van der Waals surface area contributed by atoms with Crippen LogP contribution in [-0.4, -0.2) is 14.9 Å². The van der Waals surface area contributed by atoms with E-state index >= 15 is 0 Å². The van der Waals surface area contributed by atoms with Crippen LogP contribution in [0.15, 0.2) is 48.5 Å². The maximum absolute atomic E-state index is 13.9. The molecular formula is C20H20ClFN4S. The standard InChI is InChI=1S/C20H20ClFN4S/c1-13-19(24-20(27)23-11-15-7-9-17(21)10-8-15)14(2)26(25-13)12-16-5-3-4-6-18(16)22/h3-10H,11-12H2,1-2H3,(H2,23,24,27). The highest BCUT2D eigenvalue weighted by atomic mass is 35.5. The molecule has 0 aliphatic carbocycles. The Morgan fingerprint density at radius 3 is 2.56 bits per heavy atom. The monoisotopic (exact) mass is 402 g/mol. The number of aromatic nitrogens is 2. The highest BCUT2D eigenvalue weighted by Crippen LogP contribution is 2.21. The van der Waals surface area contributed by atoms with Crippen LogP contribution in [0.3, 0.4) is 0 Å². The van der Waals surface area contributed by atoms with E-state index in [1.807, 2.05) is 44.2 Å². The van der Waals surface area contributed by atoms with Gasteiger partial charge in [0, 0.05) is 17.1 Å². The van der Waals surface area contributed by atoms with Crippen LogP contribution in [0.1, 0.15) is 22.5 Å². The van der Waals surface area contributed by atoms with Crippen LogP contribution in [-0.2, 0) is 13.1 Å². The zero-order valence-electron chi connectivity index (χ0n) is 15.1. The molecule has 0 amide bonds. The molecule has 2 aromatic carbocycles. The molecule has 0 bridgehead atoms. The maximum Gasteiger partial charge on any atom is 0.171 e. The lowest BCUT2D eigenvalue weighted by Gasteiger charge is -2.11. The number of benzene rings is 2. The highest BCUT2D eigenvalue weighted by molar-refractivity contribution is 7.80. The van der Waals surface area contributed by atoms with Gasteiger partial charge < -0.3 is 10.6 Å². The van der Waals surface area contributed by atoms with Crippen LogP contribution < -0.4 is 10.6 Å². The Morgan fingerprint density at radius 2 is 1.85 bits per heavy atom. The van der Waals surface area contributed by atoms with Crippen LogP contribution in [0, 0.1) is 19.7 Å². The van der Waals surface area contributed by atoms with Crippen molar-refractivity contribution in [3.05, 3.63) is 81.9 Å². The third kappa shape index (κ3) is 4.84. The van der Waals surface area contributed by atoms with Gasteiger partial charge in [0.05, 0.1) is 23.6 Å². The van der Waals surface area contributed by atoms with Gasteiger partial charge in [0.2, 0.25) is 0 Å². The molecule has 2 N–H and O–H groups in total. The Morgan fingerprint density at radius 1 is 1.15 bits per heavy atom. The summed E-state index contributed by atoms with van der Waals surface area (Å²) in [6, 6.07) is 14.3. The summed E-state index contributed by atoms with van der Waals surface area (Å²) in [7, 11) is 0. The molecule has 3 aromatic rings. The molecular weight excluding hydrogens is 383 g/mol. The van der Waals surface area contributed by atoms with Gasteiger partial charge in [0.15, 0.2) is 5.11 Å². The summed E-state index contributed by atoms with van der Waals surface area (Å²) < 4.78 is 15.7. The minimum absolute atomic E-state index is 0.236. The fraction of sp³-hybridized carbons (Fsp3) is 0.200. The smallest absolute Gasteiger partial charge is 0.171 e. The first-order valence-corrected chi connectivity index (χ1v) is 9.29. The lowest BCUT2D eigenvalue weighted by molar-refractivity contribution is 0.579. The third-order valence-electron chi connectivity index (χ3n) is 4.26. The summed E-state index contributed by atoms with van der Waals surface area (Å²) in [5.74, 6) is -0.236. The van der Waals surface area contributed by atoms with Crippen molar-refractivity contribution >= 4 is 34.6 Å². The number of nitrogens with zero attached hydrogens (tertiary/aromatic N) is 2. The number of halogens is 2. The Hall–Kier alpha value is -2.44. The number of anilines is 1. The van der Waals surface area contributed by atoms with E-state index < -0.39 is 0 Å². The Bertz CT molecular complexity index is 953. The molecule has 3 rings (SSSR count). The minimum atomic E-state index is -0.236. The Kier molecular flexibility index (Phi) is 6.08. The highest BCUT2D eigenvalue weighted by Gasteiger charge is 2.14. The van der Waals surface area contributed by atoms with E-state index in [0.29, 0.717) is 28.8 Å². The zero-order chi connectivity index (χ0) is 19.4. The van der Waals surface area contributed by atoms with Gasteiger partial charge in [-0.2, -0.15) is 5.10 Å². The molecule has 0 aliphatic heterocycles. The molecule has 27 heavy (non-hydrogen) atoms. The van der Waals surface area contributed by atoms with Gasteiger partial charge in [-0.1, -0.05) is 41.9 Å². The first-order chi connectivity index (χ1) is 12.9. The predicted molar refractivity (Wildman–Crippen MR) is 112 cm³/mol. The third-order valence-corrected chi connectivity index (χ3v) is 4.76. The molecule has 0 saturated carbocycles. The van der Waals surface area contributed by atoms with Crippen molar-refractivity contribution in [2.24, 2.45) is 0 Å². The molecule has 140 valence electrons. The van der Waals surface area contributed by atoms with Crippen molar-refractivity contribution in [3.8, 4) is 0 Å². The largest absolute Gasteiger partial charge is 0.358 e. The summed E-state index contributed by atoms with van der Waals surface area (Å²) in [4.78, 5) is 0. The van der Waals surface area contributed by atoms with Crippen molar-refractivity contribution in [2.45, 2.75) is 26.9 Å². The number of aryl methyl sites for hydroxylation is 1. The van der Waals surface area contributed by atoms with Crippen molar-refractivity contribution < 1.29 is 4.39 Å². The van der Waals surface area contributed by atoms with Gasteiger partial charge in [0.1, 0.15) is 5.82 Å². The van der Waals surface area contributed by atoms with Gasteiger partial charge >= 0.3 is 0 Å². The average Bonchev–Trinajstić information content (AvgIpc) is 2.90. The fourth-order valence-corrected chi connectivity index (χ4v) is 3.06. The summed E-state index contributed by atoms with van der Waals surface area (Å²) in [5.41, 5.74) is 4.20. The van der Waals surface area contributed by atoms with Crippen LogP contribution in [0.25, 0.3) is 0 Å². The quantitative estimate of drug-likeness (QED) is 0.600. The van der Waals surface area contributed by atoms with Gasteiger partial charge in [-0.3, -0.25) is 4.68 Å². The molecule has 0 aliphatic rings. The minimum Gasteiger partial charge on any atom is -0.358 e. The Balaban J connectivity index is 1.66. The van der Waals surface area contributed by atoms with E-state index in [4.69, 9.17) is 23.8 Å². The van der Waals surface area contributed by atoms with E-state index in [-0.39, 0.29) is 5.82 Å². The van der Waals surface area contributed by atoms with E-state index in [2.05, 4.69) is 15.7 Å². The van der Waals surface area contributed by atoms with Gasteiger partial charge in [0.25, 0.3) is 0 Å².